The molecule has 0 aromatic heterocycles. The van der Waals surface area contributed by atoms with E-state index in [1.165, 1.54) is 24.7 Å². The highest BCUT2D eigenvalue weighted by Gasteiger charge is 2.45. The van der Waals surface area contributed by atoms with E-state index in [4.69, 9.17) is 29.3 Å². The monoisotopic (exact) mass is 914 g/mol. The molecule has 2 aliphatic rings. The minimum absolute atomic E-state index is 0.0100. The van der Waals surface area contributed by atoms with Crippen molar-refractivity contribution in [2.24, 2.45) is 0 Å². The number of carboxylic acid groups (broad SMARTS) is 2. The van der Waals surface area contributed by atoms with Crippen LogP contribution in [0.5, 0.6) is 5.75 Å². The van der Waals surface area contributed by atoms with E-state index in [0.717, 1.165) is 24.1 Å². The summed E-state index contributed by atoms with van der Waals surface area (Å²) in [7, 11) is -5.93. The molecule has 0 bridgehead atoms. The van der Waals surface area contributed by atoms with Crippen LogP contribution in [0.25, 0.3) is 11.1 Å². The summed E-state index contributed by atoms with van der Waals surface area (Å²) in [5.74, 6) is -5.17. The van der Waals surface area contributed by atoms with Crippen molar-refractivity contribution in [3.8, 4) is 16.9 Å². The number of benzene rings is 3. The Morgan fingerprint density at radius 2 is 1.43 bits per heavy atom. The third kappa shape index (κ3) is 15.8. The van der Waals surface area contributed by atoms with Gasteiger partial charge in [0.1, 0.15) is 18.5 Å². The SMILES string of the molecule is CNS(=O)(=O)c1cccc(OC[C@@H](O)CNC2COC3(CCN(S(=O)(=O)c4cccc(-c5ccc(CNC(C)C)cc5)c4)CC3)C2)c1.O=C(O)C(F)(F)F.O=C(O)C(F)(F)F. The van der Waals surface area contributed by atoms with Gasteiger partial charge in [0.05, 0.1) is 22.0 Å². The number of ether oxygens (including phenoxy) is 2. The van der Waals surface area contributed by atoms with E-state index in [2.05, 4.69) is 41.3 Å². The summed E-state index contributed by atoms with van der Waals surface area (Å²) in [4.78, 5) is 18.2. The highest BCUT2D eigenvalue weighted by molar-refractivity contribution is 7.89. The fraction of sp³-hybridized carbons (Fsp3) is 0.474. The van der Waals surface area contributed by atoms with E-state index in [1.807, 2.05) is 18.2 Å². The lowest BCUT2D eigenvalue weighted by molar-refractivity contribution is -0.193. The molecule has 5 rings (SSSR count). The van der Waals surface area contributed by atoms with E-state index >= 15 is 0 Å². The lowest BCUT2D eigenvalue weighted by Gasteiger charge is -2.38. The van der Waals surface area contributed by atoms with Crippen molar-refractivity contribution < 1.29 is 77.6 Å². The van der Waals surface area contributed by atoms with Crippen molar-refractivity contribution >= 4 is 32.0 Å². The normalized spacial score (nSPS) is 17.5. The summed E-state index contributed by atoms with van der Waals surface area (Å²) in [5.41, 5.74) is 2.60. The number of rotatable bonds is 14. The number of alkyl halides is 6. The number of carboxylic acids is 2. The van der Waals surface area contributed by atoms with Gasteiger partial charge in [-0.25, -0.2) is 31.1 Å². The van der Waals surface area contributed by atoms with Gasteiger partial charge in [-0.15, -0.1) is 0 Å². The molecule has 2 aliphatic heterocycles. The van der Waals surface area contributed by atoms with Crippen LogP contribution in [0.15, 0.2) is 82.6 Å². The third-order valence-corrected chi connectivity index (χ3v) is 12.6. The number of aliphatic hydroxyl groups excluding tert-OH is 1. The fourth-order valence-corrected chi connectivity index (χ4v) is 8.24. The number of aliphatic carboxylic acids is 2. The largest absolute Gasteiger partial charge is 0.491 e. The van der Waals surface area contributed by atoms with Crippen molar-refractivity contribution in [1.82, 2.24) is 19.7 Å². The van der Waals surface area contributed by atoms with Gasteiger partial charge in [0.2, 0.25) is 20.0 Å². The second kappa shape index (κ2) is 21.6. The molecule has 1 unspecified atom stereocenters. The number of hydrogen-bond acceptors (Lipinski definition) is 11. The molecule has 2 atom stereocenters. The summed E-state index contributed by atoms with van der Waals surface area (Å²) in [5, 5.41) is 31.5. The number of nitrogens with zero attached hydrogens (tertiary/aromatic N) is 1. The van der Waals surface area contributed by atoms with Gasteiger partial charge < -0.3 is 35.4 Å². The summed E-state index contributed by atoms with van der Waals surface area (Å²) in [6, 6.07) is 21.8. The van der Waals surface area contributed by atoms with Crippen LogP contribution in [0.3, 0.4) is 0 Å². The van der Waals surface area contributed by atoms with Crippen LogP contribution < -0.4 is 20.1 Å². The Bertz CT molecular complexity index is 2110. The molecular formula is C38H48F6N4O11S2. The molecule has 0 radical (unpaired) electrons. The molecule has 2 saturated heterocycles. The smallest absolute Gasteiger partial charge is 0.490 e. The first-order chi connectivity index (χ1) is 28.3. The highest BCUT2D eigenvalue weighted by Crippen LogP contribution is 2.38. The maximum atomic E-state index is 13.7. The molecule has 1 spiro atoms. The minimum Gasteiger partial charge on any atom is -0.491 e. The van der Waals surface area contributed by atoms with Gasteiger partial charge in [-0.05, 0) is 67.3 Å². The standard InChI is InChI=1S/C34H46N4O7S2.2C2HF3O2/c1-25(2)36-21-26-10-12-27(13-11-26)28-6-4-9-33(18-28)47(42,43)38-16-14-34(15-17-38)20-29(23-45-34)37-22-30(39)24-44-31-7-5-8-32(19-31)46(40,41)35-3;2*3-2(4,5)1(6)7/h4-13,18-19,25,29-30,35-37,39H,14-17,20-24H2,1-3H3;2*(H,6,7)/t29?,30-;;/m0../s1. The zero-order valence-electron chi connectivity index (χ0n) is 33.2. The van der Waals surface area contributed by atoms with Gasteiger partial charge in [-0.1, -0.05) is 56.3 Å². The van der Waals surface area contributed by atoms with Crippen LogP contribution in [0.2, 0.25) is 0 Å². The van der Waals surface area contributed by atoms with Gasteiger partial charge >= 0.3 is 24.3 Å². The number of piperidine rings is 1. The van der Waals surface area contributed by atoms with Crippen LogP contribution in [0.1, 0.15) is 38.7 Å². The topological polar surface area (TPSA) is 221 Å². The maximum Gasteiger partial charge on any atom is 0.490 e. The molecule has 23 heteroatoms. The Hall–Kier alpha value is -4.36. The van der Waals surface area contributed by atoms with Crippen LogP contribution in [-0.2, 0) is 40.9 Å². The second-order valence-electron chi connectivity index (χ2n) is 14.2. The van der Waals surface area contributed by atoms with Crippen molar-refractivity contribution in [2.75, 3.05) is 39.9 Å². The van der Waals surface area contributed by atoms with Crippen molar-refractivity contribution in [2.45, 2.75) is 85.6 Å². The molecule has 15 nitrogen and oxygen atoms in total. The van der Waals surface area contributed by atoms with Crippen LogP contribution in [-0.4, -0.2) is 124 Å². The first-order valence-electron chi connectivity index (χ1n) is 18.5. The first kappa shape index (κ1) is 51.0. The highest BCUT2D eigenvalue weighted by atomic mass is 32.2. The van der Waals surface area contributed by atoms with Gasteiger partial charge in [-0.2, -0.15) is 30.6 Å². The number of hydrogen-bond donors (Lipinski definition) is 6. The van der Waals surface area contributed by atoms with E-state index in [9.17, 15) is 48.3 Å². The van der Waals surface area contributed by atoms with E-state index < -0.39 is 56.0 Å². The Kier molecular flexibility index (Phi) is 18.1. The molecule has 0 aliphatic carbocycles. The molecule has 2 heterocycles. The summed E-state index contributed by atoms with van der Waals surface area (Å²) < 4.78 is 131. The van der Waals surface area contributed by atoms with Gasteiger partial charge in [0.15, 0.2) is 0 Å². The van der Waals surface area contributed by atoms with E-state index in [-0.39, 0.29) is 29.0 Å². The molecule has 340 valence electrons. The molecule has 3 aromatic carbocycles. The minimum atomic E-state index is -5.08. The van der Waals surface area contributed by atoms with E-state index in [0.29, 0.717) is 44.3 Å². The molecule has 6 N–H and O–H groups in total. The quantitative estimate of drug-likeness (QED) is 0.124. The van der Waals surface area contributed by atoms with Crippen LogP contribution >= 0.6 is 0 Å². The van der Waals surface area contributed by atoms with Crippen LogP contribution in [0.4, 0.5) is 26.3 Å². The van der Waals surface area contributed by atoms with Crippen molar-refractivity contribution in [3.63, 3.8) is 0 Å². The number of sulfonamides is 2. The molecule has 0 amide bonds. The van der Waals surface area contributed by atoms with Crippen molar-refractivity contribution in [3.05, 3.63) is 78.4 Å². The van der Waals surface area contributed by atoms with Gasteiger partial charge in [0, 0.05) is 44.3 Å². The average molecular weight is 915 g/mol. The molecule has 61 heavy (non-hydrogen) atoms. The molecule has 0 saturated carbocycles. The van der Waals surface area contributed by atoms with Crippen molar-refractivity contribution in [1.29, 1.82) is 0 Å². The predicted octanol–water partition coefficient (Wildman–Crippen LogP) is 4.37. The fourth-order valence-electron chi connectivity index (χ4n) is 5.98. The third-order valence-electron chi connectivity index (χ3n) is 9.27. The van der Waals surface area contributed by atoms with Gasteiger partial charge in [0.25, 0.3) is 0 Å². The number of aliphatic hydroxyl groups is 1. The Labute approximate surface area is 349 Å². The molecular weight excluding hydrogens is 867 g/mol. The lowest BCUT2D eigenvalue weighted by atomic mass is 9.88. The number of carbonyl (C=O) groups is 2. The summed E-state index contributed by atoms with van der Waals surface area (Å²) >= 11 is 0. The Morgan fingerprint density at radius 1 is 0.869 bits per heavy atom. The van der Waals surface area contributed by atoms with Crippen LogP contribution in [0, 0.1) is 0 Å². The molecule has 2 fully saturated rings. The summed E-state index contributed by atoms with van der Waals surface area (Å²) in [6.45, 7) is 6.47. The number of halogens is 6. The zero-order chi connectivity index (χ0) is 45.8. The average Bonchev–Trinajstić information content (AvgIpc) is 3.60. The molecule has 3 aromatic rings. The zero-order valence-corrected chi connectivity index (χ0v) is 34.8. The lowest BCUT2D eigenvalue weighted by Crippen LogP contribution is -2.47. The second-order valence-corrected chi connectivity index (χ2v) is 18.0. The van der Waals surface area contributed by atoms with E-state index in [1.54, 1.807) is 34.6 Å². The predicted molar refractivity (Wildman–Crippen MR) is 209 cm³/mol. The first-order valence-corrected chi connectivity index (χ1v) is 21.5. The maximum absolute atomic E-state index is 13.7. The summed E-state index contributed by atoms with van der Waals surface area (Å²) in [6.07, 6.45) is -9.09. The van der Waals surface area contributed by atoms with Gasteiger partial charge in [-0.3, -0.25) is 0 Å². The Morgan fingerprint density at radius 3 is 1.97 bits per heavy atom. The number of nitrogens with one attached hydrogen (secondary N) is 3. The Balaban J connectivity index is 0.000000609.